The second-order valence-electron chi connectivity index (χ2n) is 6.21. The number of fused-ring (bicyclic) bond motifs is 1. The lowest BCUT2D eigenvalue weighted by Crippen LogP contribution is -2.52. The predicted molar refractivity (Wildman–Crippen MR) is 93.9 cm³/mol. The Balaban J connectivity index is 1.82. The van der Waals surface area contributed by atoms with E-state index in [0.717, 1.165) is 48.7 Å². The summed E-state index contributed by atoms with van der Waals surface area (Å²) in [6.07, 6.45) is 5.86. The van der Waals surface area contributed by atoms with Gasteiger partial charge in [0, 0.05) is 53.5 Å². The monoisotopic (exact) mass is 315 g/mol. The fraction of sp³-hybridized carbons (Fsp3) is 0.562. The number of aromatic nitrogens is 3. The zero-order chi connectivity index (χ0) is 16.4. The number of anilines is 1. The lowest BCUT2D eigenvalue weighted by Gasteiger charge is -2.40. The van der Waals surface area contributed by atoms with Crippen LogP contribution in [0.5, 0.6) is 0 Å². The summed E-state index contributed by atoms with van der Waals surface area (Å²) in [5, 5.41) is 1.07. The molecule has 0 aliphatic carbocycles. The molecule has 0 spiro atoms. The van der Waals surface area contributed by atoms with Crippen molar-refractivity contribution in [3.63, 3.8) is 0 Å². The highest BCUT2D eigenvalue weighted by atomic mass is 15.4. The van der Waals surface area contributed by atoms with Crippen molar-refractivity contribution in [2.24, 2.45) is 4.99 Å². The Morgan fingerprint density at radius 3 is 2.91 bits per heavy atom. The van der Waals surface area contributed by atoms with Gasteiger partial charge in [-0.2, -0.15) is 0 Å². The van der Waals surface area contributed by atoms with Crippen LogP contribution in [0.15, 0.2) is 23.6 Å². The van der Waals surface area contributed by atoms with Gasteiger partial charge in [-0.15, -0.1) is 0 Å². The first-order chi connectivity index (χ1) is 11.1. The van der Waals surface area contributed by atoms with Crippen LogP contribution >= 0.6 is 0 Å². The summed E-state index contributed by atoms with van der Waals surface area (Å²) in [5.41, 5.74) is 0.888. The molecule has 7 heteroatoms. The lowest BCUT2D eigenvalue weighted by atomic mass is 10.0. The molecule has 1 aliphatic rings. The van der Waals surface area contributed by atoms with E-state index in [1.807, 2.05) is 33.4 Å². The summed E-state index contributed by atoms with van der Waals surface area (Å²) < 4.78 is 0. The molecule has 0 bridgehead atoms. The summed E-state index contributed by atoms with van der Waals surface area (Å²) in [5.74, 6) is 2.03. The first kappa shape index (κ1) is 15.6. The third kappa shape index (κ3) is 2.95. The number of nitrogens with one attached hydrogen (secondary N) is 1. The third-order valence-corrected chi connectivity index (χ3v) is 4.49. The van der Waals surface area contributed by atoms with E-state index in [0.29, 0.717) is 6.04 Å². The van der Waals surface area contributed by atoms with Crippen LogP contribution in [-0.4, -0.2) is 78.0 Å². The van der Waals surface area contributed by atoms with Crippen molar-refractivity contribution in [1.29, 1.82) is 0 Å². The molecular weight excluding hydrogens is 290 g/mol. The minimum absolute atomic E-state index is 0.411. The smallest absolute Gasteiger partial charge is 0.195 e. The maximum atomic E-state index is 4.52. The number of nitrogens with zero attached hydrogens (tertiary/aromatic N) is 6. The number of aliphatic imine (C=N–C) groups is 1. The van der Waals surface area contributed by atoms with Crippen LogP contribution < -0.4 is 4.90 Å². The minimum Gasteiger partial charge on any atom is -0.354 e. The highest BCUT2D eigenvalue weighted by Gasteiger charge is 2.27. The van der Waals surface area contributed by atoms with Crippen LogP contribution in [0, 0.1) is 0 Å². The van der Waals surface area contributed by atoms with Gasteiger partial charge in [0.05, 0.1) is 5.39 Å². The molecule has 0 saturated carbocycles. The molecule has 1 unspecified atom stereocenters. The first-order valence-corrected chi connectivity index (χ1v) is 8.01. The Labute approximate surface area is 137 Å². The summed E-state index contributed by atoms with van der Waals surface area (Å²) in [7, 11) is 8.07. The Bertz CT molecular complexity index is 691. The number of H-pyrrole nitrogens is 1. The van der Waals surface area contributed by atoms with E-state index in [1.165, 1.54) is 0 Å². The quantitative estimate of drug-likeness (QED) is 0.670. The maximum Gasteiger partial charge on any atom is 0.195 e. The van der Waals surface area contributed by atoms with Gasteiger partial charge in [-0.25, -0.2) is 9.97 Å². The van der Waals surface area contributed by atoms with Crippen molar-refractivity contribution in [1.82, 2.24) is 24.8 Å². The van der Waals surface area contributed by atoms with Gasteiger partial charge in [0.25, 0.3) is 0 Å². The molecule has 0 amide bonds. The number of aromatic amines is 1. The third-order valence-electron chi connectivity index (χ3n) is 4.49. The molecule has 2 aromatic rings. The van der Waals surface area contributed by atoms with Gasteiger partial charge in [-0.05, 0) is 18.9 Å². The van der Waals surface area contributed by atoms with Gasteiger partial charge in [0.15, 0.2) is 5.96 Å². The first-order valence-electron chi connectivity index (χ1n) is 8.01. The van der Waals surface area contributed by atoms with E-state index in [4.69, 9.17) is 0 Å². The number of piperidine rings is 1. The molecule has 124 valence electrons. The average Bonchev–Trinajstić information content (AvgIpc) is 3.03. The van der Waals surface area contributed by atoms with Crippen LogP contribution in [0.25, 0.3) is 11.0 Å². The Morgan fingerprint density at radius 1 is 1.35 bits per heavy atom. The van der Waals surface area contributed by atoms with Crippen molar-refractivity contribution in [2.75, 3.05) is 46.2 Å². The van der Waals surface area contributed by atoms with Crippen LogP contribution in [-0.2, 0) is 0 Å². The molecule has 23 heavy (non-hydrogen) atoms. The van der Waals surface area contributed by atoms with E-state index in [-0.39, 0.29) is 0 Å². The predicted octanol–water partition coefficient (Wildman–Crippen LogP) is 1.41. The lowest BCUT2D eigenvalue weighted by molar-refractivity contribution is 0.277. The van der Waals surface area contributed by atoms with E-state index < -0.39 is 0 Å². The number of guanidine groups is 1. The van der Waals surface area contributed by atoms with E-state index in [1.54, 1.807) is 6.33 Å². The molecule has 0 aromatic carbocycles. The van der Waals surface area contributed by atoms with Crippen molar-refractivity contribution in [3.05, 3.63) is 18.6 Å². The molecule has 1 N–H and O–H groups in total. The maximum absolute atomic E-state index is 4.52. The molecule has 1 atom stereocenters. The van der Waals surface area contributed by atoms with Crippen molar-refractivity contribution < 1.29 is 0 Å². The van der Waals surface area contributed by atoms with Crippen LogP contribution in [0.3, 0.4) is 0 Å². The Hall–Kier alpha value is -2.31. The summed E-state index contributed by atoms with van der Waals surface area (Å²) in [6, 6.07) is 2.45. The van der Waals surface area contributed by atoms with Crippen molar-refractivity contribution in [3.8, 4) is 0 Å². The molecule has 7 nitrogen and oxygen atoms in total. The largest absolute Gasteiger partial charge is 0.354 e. The fourth-order valence-corrected chi connectivity index (χ4v) is 3.39. The van der Waals surface area contributed by atoms with E-state index in [9.17, 15) is 0 Å². The molecule has 1 fully saturated rings. The zero-order valence-electron chi connectivity index (χ0n) is 14.3. The molecule has 0 radical (unpaired) electrons. The number of likely N-dealkylation sites (N-methyl/N-ethyl adjacent to an activating group) is 1. The normalized spacial score (nSPS) is 19.2. The SMILES string of the molecule is CN=C(N(C)C)N1CCCC(N(C)c2ncnc3[nH]ccc23)C1. The van der Waals surface area contributed by atoms with Gasteiger partial charge in [0.2, 0.25) is 0 Å². The number of hydrogen-bond acceptors (Lipinski definition) is 4. The summed E-state index contributed by atoms with van der Waals surface area (Å²) >= 11 is 0. The van der Waals surface area contributed by atoms with Gasteiger partial charge in [-0.3, -0.25) is 4.99 Å². The summed E-state index contributed by atoms with van der Waals surface area (Å²) in [6.45, 7) is 2.01. The van der Waals surface area contributed by atoms with Gasteiger partial charge in [-0.1, -0.05) is 0 Å². The highest BCUT2D eigenvalue weighted by Crippen LogP contribution is 2.25. The minimum atomic E-state index is 0.411. The number of hydrogen-bond donors (Lipinski definition) is 1. The average molecular weight is 315 g/mol. The van der Waals surface area contributed by atoms with E-state index in [2.05, 4.69) is 41.7 Å². The number of rotatable bonds is 2. The van der Waals surface area contributed by atoms with Gasteiger partial charge < -0.3 is 19.7 Å². The van der Waals surface area contributed by atoms with Gasteiger partial charge in [0.1, 0.15) is 17.8 Å². The Morgan fingerprint density at radius 2 is 2.17 bits per heavy atom. The highest BCUT2D eigenvalue weighted by molar-refractivity contribution is 5.87. The Kier molecular flexibility index (Phi) is 4.36. The topological polar surface area (TPSA) is 63.6 Å². The standard InChI is InChI=1S/C16H25N7/c1-17-16(21(2)3)23-9-5-6-12(10-23)22(4)15-13-7-8-18-14(13)19-11-20-15/h7-8,11-12H,5-6,9-10H2,1-4H3,(H,18,19,20). The fourth-order valence-electron chi connectivity index (χ4n) is 3.39. The van der Waals surface area contributed by atoms with Crippen molar-refractivity contribution >= 4 is 22.8 Å². The van der Waals surface area contributed by atoms with Crippen LogP contribution in [0.2, 0.25) is 0 Å². The molecule has 2 aromatic heterocycles. The number of likely N-dealkylation sites (tertiary alicyclic amines) is 1. The van der Waals surface area contributed by atoms with Gasteiger partial charge >= 0.3 is 0 Å². The molecule has 3 heterocycles. The molecule has 1 saturated heterocycles. The molecule has 1 aliphatic heterocycles. The summed E-state index contributed by atoms with van der Waals surface area (Å²) in [4.78, 5) is 23.1. The van der Waals surface area contributed by atoms with E-state index >= 15 is 0 Å². The molecule has 3 rings (SSSR count). The zero-order valence-corrected chi connectivity index (χ0v) is 14.3. The molecular formula is C16H25N7. The second-order valence-corrected chi connectivity index (χ2v) is 6.21. The van der Waals surface area contributed by atoms with Crippen LogP contribution in [0.1, 0.15) is 12.8 Å². The second kappa shape index (κ2) is 6.44. The van der Waals surface area contributed by atoms with Crippen LogP contribution in [0.4, 0.5) is 5.82 Å². The van der Waals surface area contributed by atoms with Crippen molar-refractivity contribution in [2.45, 2.75) is 18.9 Å².